The molecule has 0 aliphatic heterocycles. The summed E-state index contributed by atoms with van der Waals surface area (Å²) in [6.07, 6.45) is 5.93. The number of aliphatic hydroxyl groups excluding tert-OH is 1. The van der Waals surface area contributed by atoms with Crippen molar-refractivity contribution in [2.45, 2.75) is 52.1 Å². The van der Waals surface area contributed by atoms with Crippen LogP contribution in [0.15, 0.2) is 0 Å². The monoisotopic (exact) mass is 228 g/mol. The maximum Gasteiger partial charge on any atom is 0.466 e. The SMILES string of the molecule is CCCCCCC(C)O.O=P(O)(O)O. The van der Waals surface area contributed by atoms with E-state index in [9.17, 15) is 0 Å². The molecule has 6 heteroatoms. The molecule has 4 N–H and O–H groups in total. The standard InChI is InChI=1S/C8H18O.H3O4P/c1-3-4-5-6-7-8(2)9;1-5(2,3)4/h8-9H,3-7H2,1-2H3;(H3,1,2,3,4). The van der Waals surface area contributed by atoms with Gasteiger partial charge in [0, 0.05) is 0 Å². The number of rotatable bonds is 5. The molecule has 0 aromatic carbocycles. The van der Waals surface area contributed by atoms with Gasteiger partial charge in [-0.1, -0.05) is 32.6 Å². The Bertz CT molecular complexity index is 146. The third kappa shape index (κ3) is 40.1. The first-order valence-corrected chi connectivity index (χ1v) is 6.30. The predicted molar refractivity (Wildman–Crippen MR) is 54.7 cm³/mol. The topological polar surface area (TPSA) is 98.0 Å². The smallest absolute Gasteiger partial charge is 0.393 e. The van der Waals surface area contributed by atoms with Crippen molar-refractivity contribution in [1.82, 2.24) is 0 Å². The molecule has 0 rings (SSSR count). The minimum absolute atomic E-state index is 0.0955. The number of hydrogen-bond acceptors (Lipinski definition) is 2. The van der Waals surface area contributed by atoms with Crippen molar-refractivity contribution in [2.24, 2.45) is 0 Å². The summed E-state index contributed by atoms with van der Waals surface area (Å²) < 4.78 is 8.88. The lowest BCUT2D eigenvalue weighted by atomic mass is 10.1. The highest BCUT2D eigenvalue weighted by atomic mass is 31.2. The molecule has 0 fully saturated rings. The van der Waals surface area contributed by atoms with E-state index in [1.165, 1.54) is 25.7 Å². The Morgan fingerprint density at radius 2 is 1.57 bits per heavy atom. The largest absolute Gasteiger partial charge is 0.466 e. The van der Waals surface area contributed by atoms with Gasteiger partial charge in [-0.25, -0.2) is 4.57 Å². The number of aliphatic hydroxyl groups is 1. The molecule has 88 valence electrons. The van der Waals surface area contributed by atoms with E-state index in [2.05, 4.69) is 6.92 Å². The van der Waals surface area contributed by atoms with Crippen LogP contribution in [-0.4, -0.2) is 25.9 Å². The van der Waals surface area contributed by atoms with E-state index >= 15 is 0 Å². The van der Waals surface area contributed by atoms with E-state index in [0.29, 0.717) is 0 Å². The van der Waals surface area contributed by atoms with Crippen LogP contribution < -0.4 is 0 Å². The minimum Gasteiger partial charge on any atom is -0.393 e. The molecule has 0 aromatic rings. The summed E-state index contributed by atoms with van der Waals surface area (Å²) in [7, 11) is -4.64. The second kappa shape index (κ2) is 9.62. The lowest BCUT2D eigenvalue weighted by Gasteiger charge is -2.01. The van der Waals surface area contributed by atoms with Crippen molar-refractivity contribution in [3.8, 4) is 0 Å². The minimum atomic E-state index is -4.64. The molecule has 0 spiro atoms. The van der Waals surface area contributed by atoms with Crippen molar-refractivity contribution in [3.05, 3.63) is 0 Å². The molecular weight excluding hydrogens is 207 g/mol. The Morgan fingerprint density at radius 3 is 1.86 bits per heavy atom. The van der Waals surface area contributed by atoms with Crippen LogP contribution in [-0.2, 0) is 4.57 Å². The van der Waals surface area contributed by atoms with Gasteiger partial charge >= 0.3 is 7.82 Å². The third-order valence-electron chi connectivity index (χ3n) is 1.48. The molecule has 0 heterocycles. The van der Waals surface area contributed by atoms with E-state index in [1.807, 2.05) is 6.92 Å². The lowest BCUT2D eigenvalue weighted by Crippen LogP contribution is -1.97. The average Bonchev–Trinajstić information content (AvgIpc) is 1.94. The lowest BCUT2D eigenvalue weighted by molar-refractivity contribution is 0.180. The molecule has 0 aromatic heterocycles. The van der Waals surface area contributed by atoms with Crippen LogP contribution in [0.1, 0.15) is 46.0 Å². The second-order valence-corrected chi connectivity index (χ2v) is 4.24. The molecule has 0 bridgehead atoms. The number of unbranched alkanes of at least 4 members (excludes halogenated alkanes) is 3. The van der Waals surface area contributed by atoms with Crippen LogP contribution in [0, 0.1) is 0 Å². The molecule has 0 aliphatic rings. The zero-order chi connectivity index (χ0) is 11.6. The fourth-order valence-electron chi connectivity index (χ4n) is 0.867. The quantitative estimate of drug-likeness (QED) is 0.421. The maximum absolute atomic E-state index is 8.88. The summed E-state index contributed by atoms with van der Waals surface area (Å²) in [5.74, 6) is 0. The number of hydrogen-bond donors (Lipinski definition) is 4. The summed E-state index contributed by atoms with van der Waals surface area (Å²) >= 11 is 0. The molecule has 1 atom stereocenters. The fraction of sp³-hybridized carbons (Fsp3) is 1.00. The molecular formula is C8H21O5P. The summed E-state index contributed by atoms with van der Waals surface area (Å²) in [5.41, 5.74) is 0. The first-order valence-electron chi connectivity index (χ1n) is 4.73. The third-order valence-corrected chi connectivity index (χ3v) is 1.48. The van der Waals surface area contributed by atoms with Crippen LogP contribution in [0.2, 0.25) is 0 Å². The van der Waals surface area contributed by atoms with E-state index in [1.54, 1.807) is 0 Å². The highest BCUT2D eigenvalue weighted by Crippen LogP contribution is 2.25. The summed E-state index contributed by atoms with van der Waals surface area (Å²) in [4.78, 5) is 21.6. The van der Waals surface area contributed by atoms with Crippen LogP contribution in [0.4, 0.5) is 0 Å². The molecule has 0 saturated heterocycles. The zero-order valence-corrected chi connectivity index (χ0v) is 9.65. The van der Waals surface area contributed by atoms with Crippen LogP contribution in [0.3, 0.4) is 0 Å². The van der Waals surface area contributed by atoms with E-state index < -0.39 is 7.82 Å². The molecule has 1 unspecified atom stereocenters. The normalized spacial score (nSPS) is 13.0. The van der Waals surface area contributed by atoms with E-state index in [-0.39, 0.29) is 6.10 Å². The highest BCUT2D eigenvalue weighted by molar-refractivity contribution is 7.45. The predicted octanol–water partition coefficient (Wildman–Crippen LogP) is 1.41. The van der Waals surface area contributed by atoms with Gasteiger partial charge in [-0.2, -0.15) is 0 Å². The Labute approximate surface area is 85.0 Å². The molecule has 0 aliphatic carbocycles. The van der Waals surface area contributed by atoms with Gasteiger partial charge in [0.25, 0.3) is 0 Å². The Balaban J connectivity index is 0. The van der Waals surface area contributed by atoms with Crippen molar-refractivity contribution >= 4 is 7.82 Å². The van der Waals surface area contributed by atoms with Gasteiger partial charge in [0.1, 0.15) is 0 Å². The van der Waals surface area contributed by atoms with Gasteiger partial charge < -0.3 is 19.8 Å². The maximum atomic E-state index is 8.88. The Morgan fingerprint density at radius 1 is 1.14 bits per heavy atom. The Hall–Kier alpha value is 0.0700. The first kappa shape index (κ1) is 16.5. The summed E-state index contributed by atoms with van der Waals surface area (Å²) in [6.45, 7) is 4.05. The molecule has 0 saturated carbocycles. The van der Waals surface area contributed by atoms with E-state index in [4.69, 9.17) is 24.4 Å². The number of phosphoric acid groups is 1. The summed E-state index contributed by atoms with van der Waals surface area (Å²) in [5, 5.41) is 8.85. The second-order valence-electron chi connectivity index (χ2n) is 3.21. The first-order chi connectivity index (χ1) is 6.27. The highest BCUT2D eigenvalue weighted by Gasteiger charge is 2.00. The average molecular weight is 228 g/mol. The van der Waals surface area contributed by atoms with Crippen molar-refractivity contribution in [1.29, 1.82) is 0 Å². The van der Waals surface area contributed by atoms with Gasteiger partial charge in [-0.05, 0) is 13.3 Å². The van der Waals surface area contributed by atoms with Crippen LogP contribution in [0.5, 0.6) is 0 Å². The Kier molecular flexibility index (Phi) is 11.3. The summed E-state index contributed by atoms with van der Waals surface area (Å²) in [6, 6.07) is 0. The van der Waals surface area contributed by atoms with Crippen LogP contribution >= 0.6 is 7.82 Å². The van der Waals surface area contributed by atoms with Crippen LogP contribution in [0.25, 0.3) is 0 Å². The molecule has 14 heavy (non-hydrogen) atoms. The molecule has 5 nitrogen and oxygen atoms in total. The van der Waals surface area contributed by atoms with Gasteiger partial charge in [-0.3, -0.25) is 0 Å². The van der Waals surface area contributed by atoms with Gasteiger partial charge in [0.05, 0.1) is 6.10 Å². The van der Waals surface area contributed by atoms with Gasteiger partial charge in [-0.15, -0.1) is 0 Å². The molecule has 0 amide bonds. The van der Waals surface area contributed by atoms with Crippen molar-refractivity contribution < 1.29 is 24.4 Å². The van der Waals surface area contributed by atoms with Gasteiger partial charge in [0.15, 0.2) is 0 Å². The van der Waals surface area contributed by atoms with Crippen molar-refractivity contribution in [2.75, 3.05) is 0 Å². The van der Waals surface area contributed by atoms with Crippen molar-refractivity contribution in [3.63, 3.8) is 0 Å². The van der Waals surface area contributed by atoms with E-state index in [0.717, 1.165) is 6.42 Å². The molecule has 0 radical (unpaired) electrons. The fourth-order valence-corrected chi connectivity index (χ4v) is 0.867. The zero-order valence-electron chi connectivity index (χ0n) is 8.76. The van der Waals surface area contributed by atoms with Gasteiger partial charge in [0.2, 0.25) is 0 Å².